The van der Waals surface area contributed by atoms with Crippen molar-refractivity contribution in [2.45, 2.75) is 57.8 Å². The molecule has 2 heteroatoms. The Morgan fingerprint density at radius 2 is 1.73 bits per heavy atom. The van der Waals surface area contributed by atoms with Gasteiger partial charge in [0.2, 0.25) is 0 Å². The first-order chi connectivity index (χ1) is 12.6. The van der Waals surface area contributed by atoms with Gasteiger partial charge in [-0.2, -0.15) is 0 Å². The van der Waals surface area contributed by atoms with Gasteiger partial charge in [0.05, 0.1) is 0 Å². The molecule has 0 amide bonds. The van der Waals surface area contributed by atoms with Crippen molar-refractivity contribution in [1.29, 1.82) is 0 Å². The number of hydrogen-bond donors (Lipinski definition) is 0. The Hall–Kier alpha value is -1.96. The molecule has 26 heavy (non-hydrogen) atoms. The molecule has 0 bridgehead atoms. The zero-order valence-corrected chi connectivity index (χ0v) is 15.6. The average molecular weight is 354 g/mol. The topological polar surface area (TPSA) is 0 Å². The summed E-state index contributed by atoms with van der Waals surface area (Å²) >= 11 is 0. The van der Waals surface area contributed by atoms with E-state index in [1.807, 2.05) is 12.1 Å². The fourth-order valence-corrected chi connectivity index (χ4v) is 4.13. The van der Waals surface area contributed by atoms with Gasteiger partial charge < -0.3 is 0 Å². The third-order valence-corrected chi connectivity index (χ3v) is 5.88. The molecule has 3 rings (SSSR count). The van der Waals surface area contributed by atoms with Crippen LogP contribution < -0.4 is 0 Å². The predicted octanol–water partition coefficient (Wildman–Crippen LogP) is 7.65. The Kier molecular flexibility index (Phi) is 6.24. The molecule has 1 aliphatic carbocycles. The van der Waals surface area contributed by atoms with Crippen molar-refractivity contribution in [1.82, 2.24) is 0 Å². The number of rotatable bonds is 6. The van der Waals surface area contributed by atoms with Gasteiger partial charge in [-0.05, 0) is 85.6 Å². The van der Waals surface area contributed by atoms with Gasteiger partial charge in [-0.3, -0.25) is 0 Å². The maximum Gasteiger partial charge on any atom is 0.159 e. The van der Waals surface area contributed by atoms with Crippen LogP contribution in [0.25, 0.3) is 11.1 Å². The SMILES string of the molecule is C=C(CC)CCC1CCC(c2ccccc2-c2ccc(F)c(F)c2)CC1. The van der Waals surface area contributed by atoms with Crippen LogP contribution in [-0.4, -0.2) is 0 Å². The molecule has 1 fully saturated rings. The monoisotopic (exact) mass is 354 g/mol. The van der Waals surface area contributed by atoms with Crippen LogP contribution in [0.4, 0.5) is 8.78 Å². The first-order valence-electron chi connectivity index (χ1n) is 9.79. The average Bonchev–Trinajstić information content (AvgIpc) is 2.68. The van der Waals surface area contributed by atoms with Crippen LogP contribution in [0.3, 0.4) is 0 Å². The van der Waals surface area contributed by atoms with Crippen LogP contribution in [-0.2, 0) is 0 Å². The number of hydrogen-bond acceptors (Lipinski definition) is 0. The Labute approximate surface area is 156 Å². The standard InChI is InChI=1S/C24H28F2/c1-3-17(2)8-9-18-10-12-19(13-11-18)21-6-4-5-7-22(21)20-14-15-23(25)24(26)16-20/h4-7,14-16,18-19H,2-3,8-13H2,1H3. The van der Waals surface area contributed by atoms with Crippen molar-refractivity contribution >= 4 is 0 Å². The molecule has 2 aromatic rings. The molecule has 0 nitrogen and oxygen atoms in total. The lowest BCUT2D eigenvalue weighted by molar-refractivity contribution is 0.310. The van der Waals surface area contributed by atoms with E-state index in [9.17, 15) is 8.78 Å². The highest BCUT2D eigenvalue weighted by molar-refractivity contribution is 5.68. The van der Waals surface area contributed by atoms with Gasteiger partial charge in [0.1, 0.15) is 0 Å². The van der Waals surface area contributed by atoms with Crippen LogP contribution >= 0.6 is 0 Å². The van der Waals surface area contributed by atoms with E-state index >= 15 is 0 Å². The molecular formula is C24H28F2. The van der Waals surface area contributed by atoms with Gasteiger partial charge in [0, 0.05) is 0 Å². The highest BCUT2D eigenvalue weighted by Crippen LogP contribution is 2.41. The van der Waals surface area contributed by atoms with E-state index in [0.29, 0.717) is 5.92 Å². The Morgan fingerprint density at radius 3 is 2.42 bits per heavy atom. The van der Waals surface area contributed by atoms with Gasteiger partial charge in [-0.15, -0.1) is 0 Å². The second-order valence-corrected chi connectivity index (χ2v) is 7.58. The van der Waals surface area contributed by atoms with Gasteiger partial charge in [-0.25, -0.2) is 8.78 Å². The van der Waals surface area contributed by atoms with E-state index in [1.54, 1.807) is 6.07 Å². The minimum Gasteiger partial charge on any atom is -0.204 e. The maximum atomic E-state index is 13.7. The Balaban J connectivity index is 1.71. The van der Waals surface area contributed by atoms with E-state index in [4.69, 9.17) is 0 Å². The number of benzene rings is 2. The molecule has 138 valence electrons. The number of halogens is 2. The third-order valence-electron chi connectivity index (χ3n) is 5.88. The highest BCUT2D eigenvalue weighted by Gasteiger charge is 2.24. The lowest BCUT2D eigenvalue weighted by atomic mass is 9.75. The van der Waals surface area contributed by atoms with Crippen molar-refractivity contribution in [2.24, 2.45) is 5.92 Å². The number of allylic oxidation sites excluding steroid dienone is 1. The molecule has 1 aliphatic rings. The first-order valence-corrected chi connectivity index (χ1v) is 9.79. The molecule has 0 aliphatic heterocycles. The van der Waals surface area contributed by atoms with Gasteiger partial charge in [0.15, 0.2) is 11.6 Å². The van der Waals surface area contributed by atoms with Crippen LogP contribution in [0, 0.1) is 17.6 Å². The largest absolute Gasteiger partial charge is 0.204 e. The minimum atomic E-state index is -0.791. The zero-order valence-electron chi connectivity index (χ0n) is 15.6. The van der Waals surface area contributed by atoms with E-state index in [-0.39, 0.29) is 0 Å². The summed E-state index contributed by atoms with van der Waals surface area (Å²) in [7, 11) is 0. The van der Waals surface area contributed by atoms with Gasteiger partial charge >= 0.3 is 0 Å². The Morgan fingerprint density at radius 1 is 1.00 bits per heavy atom. The smallest absolute Gasteiger partial charge is 0.159 e. The quantitative estimate of drug-likeness (QED) is 0.467. The summed E-state index contributed by atoms with van der Waals surface area (Å²) < 4.78 is 27.0. The fraction of sp³-hybridized carbons (Fsp3) is 0.417. The molecule has 0 saturated heterocycles. The molecule has 0 aromatic heterocycles. The second-order valence-electron chi connectivity index (χ2n) is 7.58. The normalized spacial score (nSPS) is 20.1. The highest BCUT2D eigenvalue weighted by atomic mass is 19.2. The molecule has 0 heterocycles. The first kappa shape index (κ1) is 18.8. The molecule has 0 unspecified atom stereocenters. The van der Waals surface area contributed by atoms with E-state index in [1.165, 1.54) is 55.4 Å². The molecule has 0 spiro atoms. The van der Waals surface area contributed by atoms with E-state index < -0.39 is 11.6 Å². The molecule has 1 saturated carbocycles. The van der Waals surface area contributed by atoms with Crippen LogP contribution in [0.2, 0.25) is 0 Å². The summed E-state index contributed by atoms with van der Waals surface area (Å²) in [6.45, 7) is 6.30. The van der Waals surface area contributed by atoms with Crippen LogP contribution in [0.1, 0.15) is 63.4 Å². The van der Waals surface area contributed by atoms with Crippen molar-refractivity contribution < 1.29 is 8.78 Å². The minimum absolute atomic E-state index is 0.505. The summed E-state index contributed by atoms with van der Waals surface area (Å²) in [5.74, 6) is -0.271. The van der Waals surface area contributed by atoms with Crippen molar-refractivity contribution in [2.75, 3.05) is 0 Å². The fourth-order valence-electron chi connectivity index (χ4n) is 4.13. The second kappa shape index (κ2) is 8.62. The van der Waals surface area contributed by atoms with Crippen molar-refractivity contribution in [3.63, 3.8) is 0 Å². The third kappa shape index (κ3) is 4.41. The lowest BCUT2D eigenvalue weighted by Crippen LogP contribution is -2.14. The van der Waals surface area contributed by atoms with Crippen LogP contribution in [0.15, 0.2) is 54.6 Å². The molecule has 0 atom stereocenters. The maximum absolute atomic E-state index is 13.7. The van der Waals surface area contributed by atoms with E-state index in [2.05, 4.69) is 25.6 Å². The summed E-state index contributed by atoms with van der Waals surface area (Å²) in [5.41, 5.74) is 4.43. The van der Waals surface area contributed by atoms with E-state index in [0.717, 1.165) is 29.9 Å². The van der Waals surface area contributed by atoms with Gasteiger partial charge in [0.25, 0.3) is 0 Å². The predicted molar refractivity (Wildman–Crippen MR) is 105 cm³/mol. The summed E-state index contributed by atoms with van der Waals surface area (Å²) in [5, 5.41) is 0. The van der Waals surface area contributed by atoms with Crippen LogP contribution in [0.5, 0.6) is 0 Å². The zero-order chi connectivity index (χ0) is 18.5. The summed E-state index contributed by atoms with van der Waals surface area (Å²) in [6.07, 6.45) is 8.31. The molecule has 0 N–H and O–H groups in total. The molecule has 0 radical (unpaired) electrons. The molecule has 2 aromatic carbocycles. The van der Waals surface area contributed by atoms with Crippen molar-refractivity contribution in [3.8, 4) is 11.1 Å². The molecular weight excluding hydrogens is 326 g/mol. The van der Waals surface area contributed by atoms with Crippen molar-refractivity contribution in [3.05, 3.63) is 71.8 Å². The summed E-state index contributed by atoms with van der Waals surface area (Å²) in [6, 6.07) is 12.4. The Bertz CT molecular complexity index is 755. The lowest BCUT2D eigenvalue weighted by Gasteiger charge is -2.30. The summed E-state index contributed by atoms with van der Waals surface area (Å²) in [4.78, 5) is 0. The van der Waals surface area contributed by atoms with Gasteiger partial charge in [-0.1, -0.05) is 49.4 Å².